The summed E-state index contributed by atoms with van der Waals surface area (Å²) in [5.41, 5.74) is 7.98. The molecule has 0 aliphatic carbocycles. The van der Waals surface area contributed by atoms with Gasteiger partial charge in [-0.3, -0.25) is 0 Å². The summed E-state index contributed by atoms with van der Waals surface area (Å²) in [6.07, 6.45) is 0. The number of benzene rings is 1. The Morgan fingerprint density at radius 2 is 1.87 bits per heavy atom. The number of hydrogen-bond acceptors (Lipinski definition) is 3. The van der Waals surface area contributed by atoms with E-state index in [0.717, 1.165) is 16.7 Å². The molecule has 1 aromatic carbocycles. The maximum atomic E-state index is 9.88. The van der Waals surface area contributed by atoms with Gasteiger partial charge in [0.2, 0.25) is 0 Å². The fourth-order valence-corrected chi connectivity index (χ4v) is 1.53. The highest BCUT2D eigenvalue weighted by molar-refractivity contribution is 5.44. The zero-order valence-electron chi connectivity index (χ0n) is 9.79. The van der Waals surface area contributed by atoms with Crippen molar-refractivity contribution in [2.24, 2.45) is 5.73 Å². The van der Waals surface area contributed by atoms with E-state index in [-0.39, 0.29) is 5.75 Å². The van der Waals surface area contributed by atoms with E-state index in [1.54, 1.807) is 13.2 Å². The molecule has 0 aliphatic rings. The topological polar surface area (TPSA) is 55.5 Å². The molecule has 1 rings (SSSR count). The van der Waals surface area contributed by atoms with Crippen molar-refractivity contribution in [2.75, 3.05) is 13.7 Å². The van der Waals surface area contributed by atoms with E-state index >= 15 is 0 Å². The van der Waals surface area contributed by atoms with Gasteiger partial charge in [-0.05, 0) is 44.0 Å². The maximum Gasteiger partial charge on any atom is 0.121 e. The number of aryl methyl sites for hydroxylation is 2. The molecule has 0 aromatic heterocycles. The number of phenolic OH excluding ortho intramolecular Hbond substituents is 1. The molecule has 3 N–H and O–H groups in total. The Labute approximate surface area is 90.9 Å². The number of hydrogen-bond donors (Lipinski definition) is 2. The van der Waals surface area contributed by atoms with Gasteiger partial charge < -0.3 is 15.6 Å². The van der Waals surface area contributed by atoms with Crippen LogP contribution in [0.5, 0.6) is 5.75 Å². The molecule has 1 atom stereocenters. The fraction of sp³-hybridized carbons (Fsp3) is 0.500. The molecule has 0 spiro atoms. The lowest BCUT2D eigenvalue weighted by atomic mass is 9.92. The molecule has 1 aromatic rings. The van der Waals surface area contributed by atoms with E-state index in [0.29, 0.717) is 6.54 Å². The van der Waals surface area contributed by atoms with E-state index < -0.39 is 5.60 Å². The molecule has 1 unspecified atom stereocenters. The maximum absolute atomic E-state index is 9.88. The molecule has 0 heterocycles. The molecule has 0 saturated carbocycles. The summed E-state index contributed by atoms with van der Waals surface area (Å²) in [6, 6.07) is 3.68. The summed E-state index contributed by atoms with van der Waals surface area (Å²) < 4.78 is 5.36. The monoisotopic (exact) mass is 209 g/mol. The lowest BCUT2D eigenvalue weighted by Gasteiger charge is -2.28. The first-order chi connectivity index (χ1) is 6.94. The van der Waals surface area contributed by atoms with Crippen molar-refractivity contribution in [3.05, 3.63) is 28.8 Å². The number of rotatable bonds is 3. The SMILES string of the molecule is COC(C)(CN)c1cc(C)c(C)cc1O. The van der Waals surface area contributed by atoms with Crippen molar-refractivity contribution in [1.82, 2.24) is 0 Å². The second-order valence-electron chi connectivity index (χ2n) is 4.09. The second kappa shape index (κ2) is 4.21. The highest BCUT2D eigenvalue weighted by Gasteiger charge is 2.27. The van der Waals surface area contributed by atoms with Gasteiger partial charge in [-0.15, -0.1) is 0 Å². The summed E-state index contributed by atoms with van der Waals surface area (Å²) >= 11 is 0. The molecule has 0 amide bonds. The quantitative estimate of drug-likeness (QED) is 0.798. The molecule has 3 heteroatoms. The van der Waals surface area contributed by atoms with Gasteiger partial charge in [0.1, 0.15) is 11.4 Å². The van der Waals surface area contributed by atoms with Crippen molar-refractivity contribution >= 4 is 0 Å². The number of ether oxygens (including phenoxy) is 1. The Bertz CT molecular complexity index is 357. The zero-order valence-corrected chi connectivity index (χ0v) is 9.79. The molecule has 15 heavy (non-hydrogen) atoms. The van der Waals surface area contributed by atoms with Crippen LogP contribution in [0.25, 0.3) is 0 Å². The Morgan fingerprint density at radius 3 is 2.33 bits per heavy atom. The van der Waals surface area contributed by atoms with Crippen LogP contribution in [0.3, 0.4) is 0 Å². The van der Waals surface area contributed by atoms with Crippen LogP contribution in [-0.4, -0.2) is 18.8 Å². The van der Waals surface area contributed by atoms with Gasteiger partial charge in [-0.25, -0.2) is 0 Å². The lowest BCUT2D eigenvalue weighted by molar-refractivity contribution is 0.00821. The first-order valence-electron chi connectivity index (χ1n) is 5.00. The standard InChI is InChI=1S/C12H19NO2/c1-8-5-10(11(14)6-9(8)2)12(3,7-13)15-4/h5-6,14H,7,13H2,1-4H3. The second-order valence-corrected chi connectivity index (χ2v) is 4.09. The van der Waals surface area contributed by atoms with Crippen LogP contribution >= 0.6 is 0 Å². The van der Waals surface area contributed by atoms with Gasteiger partial charge in [-0.2, -0.15) is 0 Å². The zero-order chi connectivity index (χ0) is 11.6. The van der Waals surface area contributed by atoms with Crippen LogP contribution in [-0.2, 0) is 10.3 Å². The summed E-state index contributed by atoms with van der Waals surface area (Å²) in [7, 11) is 1.60. The first-order valence-corrected chi connectivity index (χ1v) is 5.00. The largest absolute Gasteiger partial charge is 0.508 e. The van der Waals surface area contributed by atoms with Crippen molar-refractivity contribution in [3.8, 4) is 5.75 Å². The van der Waals surface area contributed by atoms with Crippen LogP contribution < -0.4 is 5.73 Å². The highest BCUT2D eigenvalue weighted by atomic mass is 16.5. The minimum atomic E-state index is -0.622. The van der Waals surface area contributed by atoms with Crippen molar-refractivity contribution in [2.45, 2.75) is 26.4 Å². The van der Waals surface area contributed by atoms with Gasteiger partial charge in [0.05, 0.1) is 0 Å². The third-order valence-corrected chi connectivity index (χ3v) is 3.02. The van der Waals surface area contributed by atoms with Gasteiger partial charge in [0, 0.05) is 19.2 Å². The molecule has 3 nitrogen and oxygen atoms in total. The van der Waals surface area contributed by atoms with Gasteiger partial charge in [0.25, 0.3) is 0 Å². The third kappa shape index (κ3) is 2.13. The third-order valence-electron chi connectivity index (χ3n) is 3.02. The Morgan fingerprint density at radius 1 is 1.33 bits per heavy atom. The smallest absolute Gasteiger partial charge is 0.121 e. The minimum absolute atomic E-state index is 0.243. The van der Waals surface area contributed by atoms with Gasteiger partial charge >= 0.3 is 0 Å². The van der Waals surface area contributed by atoms with Crippen LogP contribution in [0.15, 0.2) is 12.1 Å². The molecule has 0 fully saturated rings. The molecule has 0 radical (unpaired) electrons. The van der Waals surface area contributed by atoms with Crippen LogP contribution in [0.4, 0.5) is 0 Å². The van der Waals surface area contributed by atoms with E-state index in [4.69, 9.17) is 10.5 Å². The Hall–Kier alpha value is -1.06. The molecule has 0 aliphatic heterocycles. The summed E-state index contributed by atoms with van der Waals surface area (Å²) in [4.78, 5) is 0. The predicted molar refractivity (Wildman–Crippen MR) is 61.0 cm³/mol. The molecular formula is C12H19NO2. The lowest BCUT2D eigenvalue weighted by Crippen LogP contribution is -2.33. The highest BCUT2D eigenvalue weighted by Crippen LogP contribution is 2.33. The van der Waals surface area contributed by atoms with E-state index in [1.165, 1.54) is 0 Å². The number of methoxy groups -OCH3 is 1. The van der Waals surface area contributed by atoms with Crippen molar-refractivity contribution in [3.63, 3.8) is 0 Å². The van der Waals surface area contributed by atoms with Crippen molar-refractivity contribution < 1.29 is 9.84 Å². The van der Waals surface area contributed by atoms with Gasteiger partial charge in [0.15, 0.2) is 0 Å². The minimum Gasteiger partial charge on any atom is -0.508 e. The molecular weight excluding hydrogens is 190 g/mol. The normalized spacial score (nSPS) is 15.0. The average molecular weight is 209 g/mol. The van der Waals surface area contributed by atoms with E-state index in [9.17, 15) is 5.11 Å². The van der Waals surface area contributed by atoms with Crippen LogP contribution in [0.1, 0.15) is 23.6 Å². The molecule has 0 bridgehead atoms. The molecule has 84 valence electrons. The summed E-state index contributed by atoms with van der Waals surface area (Å²) in [6.45, 7) is 6.17. The van der Waals surface area contributed by atoms with Crippen LogP contribution in [0.2, 0.25) is 0 Å². The first kappa shape index (κ1) is 12.0. The summed E-state index contributed by atoms with van der Waals surface area (Å²) in [5, 5.41) is 9.88. The number of aromatic hydroxyl groups is 1. The fourth-order valence-electron chi connectivity index (χ4n) is 1.53. The Balaban J connectivity index is 3.30. The number of phenols is 1. The Kier molecular flexibility index (Phi) is 3.37. The predicted octanol–water partition coefficient (Wildman–Crippen LogP) is 1.83. The van der Waals surface area contributed by atoms with Gasteiger partial charge in [-0.1, -0.05) is 0 Å². The van der Waals surface area contributed by atoms with Crippen molar-refractivity contribution in [1.29, 1.82) is 0 Å². The molecule has 0 saturated heterocycles. The average Bonchev–Trinajstić information content (AvgIpc) is 2.22. The summed E-state index contributed by atoms with van der Waals surface area (Å²) in [5.74, 6) is 0.243. The van der Waals surface area contributed by atoms with E-state index in [2.05, 4.69) is 0 Å². The van der Waals surface area contributed by atoms with Crippen LogP contribution in [0, 0.1) is 13.8 Å². The van der Waals surface area contributed by atoms with E-state index in [1.807, 2.05) is 26.8 Å². The number of nitrogens with two attached hydrogens (primary N) is 1.